The molecule has 0 aliphatic carbocycles. The molecule has 1 aliphatic heterocycles. The Kier molecular flexibility index (Phi) is 6.63. The Morgan fingerprint density at radius 1 is 1.19 bits per heavy atom. The molecule has 1 aliphatic rings. The molecule has 2 aromatic rings. The van der Waals surface area contributed by atoms with E-state index >= 15 is 0 Å². The first-order valence-corrected chi connectivity index (χ1v) is 8.29. The number of rotatable bonds is 6. The van der Waals surface area contributed by atoms with Gasteiger partial charge in [0, 0.05) is 17.7 Å². The van der Waals surface area contributed by atoms with Crippen molar-refractivity contribution in [1.82, 2.24) is 0 Å². The van der Waals surface area contributed by atoms with Crippen LogP contribution in [0.4, 0.5) is 11.4 Å². The van der Waals surface area contributed by atoms with Crippen LogP contribution in [0.25, 0.3) is 0 Å². The van der Waals surface area contributed by atoms with E-state index < -0.39 is 0 Å². The molecule has 1 heterocycles. The molecule has 3 N–H and O–H groups in total. The van der Waals surface area contributed by atoms with E-state index in [0.29, 0.717) is 52.5 Å². The van der Waals surface area contributed by atoms with Gasteiger partial charge in [-0.3, -0.25) is 4.79 Å². The highest BCUT2D eigenvalue weighted by Crippen LogP contribution is 2.38. The normalized spacial score (nSPS) is 11.7. The lowest BCUT2D eigenvalue weighted by Crippen LogP contribution is -2.13. The zero-order chi connectivity index (χ0) is 18.7. The molecule has 0 bridgehead atoms. The van der Waals surface area contributed by atoms with Crippen molar-refractivity contribution in [2.45, 2.75) is 13.8 Å². The minimum atomic E-state index is -0.315. The first kappa shape index (κ1) is 20.5. The summed E-state index contributed by atoms with van der Waals surface area (Å²) < 4.78 is 21.6. The minimum Gasteiger partial charge on any atom is -0.493 e. The van der Waals surface area contributed by atoms with E-state index in [1.54, 1.807) is 30.3 Å². The SMILES string of the molecule is COc1cc(C(=O)Nc2cc3c(cc2N)OCO3)ccc1OCC(C)C.Cl. The Morgan fingerprint density at radius 3 is 2.56 bits per heavy atom. The van der Waals surface area contributed by atoms with Crippen LogP contribution in [-0.2, 0) is 0 Å². The molecule has 0 atom stereocenters. The van der Waals surface area contributed by atoms with Crippen molar-refractivity contribution in [3.05, 3.63) is 35.9 Å². The maximum Gasteiger partial charge on any atom is 0.255 e. The number of amides is 1. The number of fused-ring (bicyclic) bond motifs is 1. The van der Waals surface area contributed by atoms with Gasteiger partial charge < -0.3 is 30.0 Å². The van der Waals surface area contributed by atoms with Crippen LogP contribution in [0.3, 0.4) is 0 Å². The summed E-state index contributed by atoms with van der Waals surface area (Å²) in [4.78, 5) is 12.6. The number of ether oxygens (including phenoxy) is 4. The number of nitrogens with one attached hydrogen (secondary N) is 1. The fourth-order valence-corrected chi connectivity index (χ4v) is 2.44. The van der Waals surface area contributed by atoms with Crippen LogP contribution in [0.15, 0.2) is 30.3 Å². The van der Waals surface area contributed by atoms with Crippen molar-refractivity contribution in [1.29, 1.82) is 0 Å². The summed E-state index contributed by atoms with van der Waals surface area (Å²) in [5, 5.41) is 2.78. The third-order valence-corrected chi connectivity index (χ3v) is 3.79. The number of methoxy groups -OCH3 is 1. The summed E-state index contributed by atoms with van der Waals surface area (Å²) in [6.45, 7) is 4.82. The number of anilines is 2. The number of carbonyl (C=O) groups excluding carboxylic acids is 1. The van der Waals surface area contributed by atoms with Crippen LogP contribution < -0.4 is 30.0 Å². The molecule has 2 aromatic carbocycles. The van der Waals surface area contributed by atoms with Crippen LogP contribution in [-0.4, -0.2) is 26.4 Å². The Balaban J connectivity index is 0.00000261. The Hall–Kier alpha value is -2.80. The average molecular weight is 395 g/mol. The van der Waals surface area contributed by atoms with Crippen molar-refractivity contribution >= 4 is 29.7 Å². The monoisotopic (exact) mass is 394 g/mol. The molecule has 8 heteroatoms. The van der Waals surface area contributed by atoms with Crippen molar-refractivity contribution in [3.8, 4) is 23.0 Å². The maximum absolute atomic E-state index is 12.6. The second-order valence-corrected chi connectivity index (χ2v) is 6.32. The van der Waals surface area contributed by atoms with Gasteiger partial charge in [-0.25, -0.2) is 0 Å². The summed E-state index contributed by atoms with van der Waals surface area (Å²) in [5.74, 6) is 2.27. The molecule has 0 aromatic heterocycles. The number of benzene rings is 2. The summed E-state index contributed by atoms with van der Waals surface area (Å²) in [7, 11) is 1.54. The van der Waals surface area contributed by atoms with Gasteiger partial charge in [0.05, 0.1) is 25.1 Å². The molecule has 146 valence electrons. The number of hydrogen-bond donors (Lipinski definition) is 2. The third kappa shape index (κ3) is 4.68. The van der Waals surface area contributed by atoms with Gasteiger partial charge in [0.15, 0.2) is 23.0 Å². The molecular weight excluding hydrogens is 372 g/mol. The van der Waals surface area contributed by atoms with E-state index in [4.69, 9.17) is 24.7 Å². The predicted molar refractivity (Wildman–Crippen MR) is 106 cm³/mol. The van der Waals surface area contributed by atoms with Crippen LogP contribution in [0.5, 0.6) is 23.0 Å². The smallest absolute Gasteiger partial charge is 0.255 e. The van der Waals surface area contributed by atoms with Gasteiger partial charge in [0.1, 0.15) is 0 Å². The van der Waals surface area contributed by atoms with E-state index in [9.17, 15) is 4.79 Å². The standard InChI is InChI=1S/C19H22N2O5.ClH/c1-11(2)9-24-15-5-4-12(6-16(15)23-3)19(22)21-14-8-18-17(7-13(14)20)25-10-26-18;/h4-8,11H,9-10,20H2,1-3H3,(H,21,22);1H. The van der Waals surface area contributed by atoms with Crippen LogP contribution in [0.1, 0.15) is 24.2 Å². The molecule has 27 heavy (non-hydrogen) atoms. The largest absolute Gasteiger partial charge is 0.493 e. The first-order valence-electron chi connectivity index (χ1n) is 8.29. The summed E-state index contributed by atoms with van der Waals surface area (Å²) in [6.07, 6.45) is 0. The Bertz CT molecular complexity index is 826. The molecule has 0 fully saturated rings. The van der Waals surface area contributed by atoms with Crippen LogP contribution in [0, 0.1) is 5.92 Å². The summed E-state index contributed by atoms with van der Waals surface area (Å²) in [5.41, 5.74) is 7.25. The predicted octanol–water partition coefficient (Wildman–Crippen LogP) is 3.72. The maximum atomic E-state index is 12.6. The lowest BCUT2D eigenvalue weighted by molar-refractivity contribution is 0.102. The van der Waals surface area contributed by atoms with Gasteiger partial charge in [-0.05, 0) is 24.1 Å². The van der Waals surface area contributed by atoms with Gasteiger partial charge in [0.2, 0.25) is 6.79 Å². The van der Waals surface area contributed by atoms with Crippen molar-refractivity contribution in [3.63, 3.8) is 0 Å². The lowest BCUT2D eigenvalue weighted by Gasteiger charge is -2.14. The van der Waals surface area contributed by atoms with Crippen molar-refractivity contribution < 1.29 is 23.7 Å². The van der Waals surface area contributed by atoms with E-state index in [1.165, 1.54) is 7.11 Å². The zero-order valence-corrected chi connectivity index (χ0v) is 16.2. The fraction of sp³-hybridized carbons (Fsp3) is 0.316. The second kappa shape index (κ2) is 8.73. The van der Waals surface area contributed by atoms with Gasteiger partial charge in [-0.2, -0.15) is 0 Å². The lowest BCUT2D eigenvalue weighted by atomic mass is 10.1. The zero-order valence-electron chi connectivity index (χ0n) is 15.4. The van der Waals surface area contributed by atoms with Crippen molar-refractivity contribution in [2.75, 3.05) is 31.6 Å². The molecule has 0 spiro atoms. The highest BCUT2D eigenvalue weighted by molar-refractivity contribution is 6.06. The second-order valence-electron chi connectivity index (χ2n) is 6.32. The van der Waals surface area contributed by atoms with Gasteiger partial charge in [-0.1, -0.05) is 13.8 Å². The van der Waals surface area contributed by atoms with E-state index in [0.717, 1.165) is 0 Å². The quantitative estimate of drug-likeness (QED) is 0.725. The van der Waals surface area contributed by atoms with Gasteiger partial charge in [0.25, 0.3) is 5.91 Å². The molecule has 0 saturated heterocycles. The van der Waals surface area contributed by atoms with Gasteiger partial charge in [-0.15, -0.1) is 12.4 Å². The minimum absolute atomic E-state index is 0. The number of halogens is 1. The molecule has 0 saturated carbocycles. The average Bonchev–Trinajstić information content (AvgIpc) is 3.06. The molecule has 7 nitrogen and oxygen atoms in total. The van der Waals surface area contributed by atoms with E-state index in [2.05, 4.69) is 19.2 Å². The Labute approximate surface area is 164 Å². The molecule has 3 rings (SSSR count). The fourth-order valence-electron chi connectivity index (χ4n) is 2.44. The van der Waals surface area contributed by atoms with Crippen LogP contribution in [0.2, 0.25) is 0 Å². The third-order valence-electron chi connectivity index (χ3n) is 3.79. The summed E-state index contributed by atoms with van der Waals surface area (Å²) in [6, 6.07) is 8.30. The van der Waals surface area contributed by atoms with E-state index in [1.807, 2.05) is 0 Å². The first-order chi connectivity index (χ1) is 12.5. The molecule has 0 radical (unpaired) electrons. The number of nitrogen functional groups attached to an aromatic ring is 1. The summed E-state index contributed by atoms with van der Waals surface area (Å²) >= 11 is 0. The number of carbonyl (C=O) groups is 1. The highest BCUT2D eigenvalue weighted by Gasteiger charge is 2.18. The molecular formula is C19H23ClN2O5. The molecule has 0 unspecified atom stereocenters. The number of nitrogens with two attached hydrogens (primary N) is 1. The van der Waals surface area contributed by atoms with E-state index in [-0.39, 0.29) is 25.1 Å². The Morgan fingerprint density at radius 2 is 1.89 bits per heavy atom. The number of hydrogen-bond acceptors (Lipinski definition) is 6. The van der Waals surface area contributed by atoms with Gasteiger partial charge >= 0.3 is 0 Å². The topological polar surface area (TPSA) is 92.0 Å². The van der Waals surface area contributed by atoms with Crippen LogP contribution >= 0.6 is 12.4 Å². The highest BCUT2D eigenvalue weighted by atomic mass is 35.5. The molecule has 1 amide bonds. The van der Waals surface area contributed by atoms with Crippen molar-refractivity contribution in [2.24, 2.45) is 5.92 Å².